The van der Waals surface area contributed by atoms with Crippen LogP contribution in [0.2, 0.25) is 0 Å². The van der Waals surface area contributed by atoms with Crippen molar-refractivity contribution in [1.82, 2.24) is 14.5 Å². The molecule has 2 heterocycles. The third kappa shape index (κ3) is 3.60. The van der Waals surface area contributed by atoms with Crippen molar-refractivity contribution in [3.8, 4) is 0 Å². The normalized spacial score (nSPS) is 25.3. The van der Waals surface area contributed by atoms with E-state index in [1.165, 1.54) is 13.1 Å². The molecule has 0 saturated carbocycles. The van der Waals surface area contributed by atoms with Gasteiger partial charge in [0.05, 0.1) is 25.8 Å². The van der Waals surface area contributed by atoms with Gasteiger partial charge in [0, 0.05) is 25.1 Å². The van der Waals surface area contributed by atoms with Crippen LogP contribution in [0.25, 0.3) is 0 Å². The predicted molar refractivity (Wildman–Crippen MR) is 88.1 cm³/mol. The van der Waals surface area contributed by atoms with Crippen LogP contribution in [0.5, 0.6) is 0 Å². The largest absolute Gasteiger partial charge is 0.393 e. The molecule has 1 fully saturated rings. The SMILES string of the molecule is CC(=O)N(C[C@]1(CO)O[C@@H](n2cc(C)c(=O)[nH]c2=O)C[C@@H]1O)C(=O)CN. The monoisotopic (exact) mass is 370 g/mol. The summed E-state index contributed by atoms with van der Waals surface area (Å²) in [6, 6.07) is 0. The average molecular weight is 370 g/mol. The molecule has 1 aliphatic rings. The van der Waals surface area contributed by atoms with Crippen LogP contribution >= 0.6 is 0 Å². The molecule has 3 atom stereocenters. The van der Waals surface area contributed by atoms with Gasteiger partial charge in [-0.15, -0.1) is 0 Å². The summed E-state index contributed by atoms with van der Waals surface area (Å²) in [6.07, 6.45) is -1.08. The number of amides is 2. The highest BCUT2D eigenvalue weighted by Crippen LogP contribution is 2.36. The van der Waals surface area contributed by atoms with Crippen molar-refractivity contribution < 1.29 is 24.5 Å². The fourth-order valence-electron chi connectivity index (χ4n) is 2.86. The second kappa shape index (κ2) is 7.50. The zero-order valence-corrected chi connectivity index (χ0v) is 14.5. The number of H-pyrrole nitrogens is 1. The first-order valence-corrected chi connectivity index (χ1v) is 7.95. The summed E-state index contributed by atoms with van der Waals surface area (Å²) in [4.78, 5) is 50.0. The molecule has 1 aromatic rings. The summed E-state index contributed by atoms with van der Waals surface area (Å²) in [6.45, 7) is 1.08. The highest BCUT2D eigenvalue weighted by molar-refractivity contribution is 5.95. The number of carbonyl (C=O) groups is 2. The van der Waals surface area contributed by atoms with E-state index in [1.807, 2.05) is 0 Å². The molecule has 0 bridgehead atoms. The first-order valence-electron chi connectivity index (χ1n) is 7.95. The average Bonchev–Trinajstić information content (AvgIpc) is 2.91. The van der Waals surface area contributed by atoms with Crippen LogP contribution in [0.15, 0.2) is 15.8 Å². The van der Waals surface area contributed by atoms with Gasteiger partial charge >= 0.3 is 5.69 Å². The number of aliphatic hydroxyl groups is 2. The maximum absolute atomic E-state index is 12.0. The third-order valence-corrected chi connectivity index (χ3v) is 4.41. The van der Waals surface area contributed by atoms with Gasteiger partial charge in [-0.2, -0.15) is 0 Å². The second-order valence-electron chi connectivity index (χ2n) is 6.23. The Balaban J connectivity index is 2.36. The van der Waals surface area contributed by atoms with Crippen LogP contribution in [0.3, 0.4) is 0 Å². The van der Waals surface area contributed by atoms with Crippen LogP contribution in [0.1, 0.15) is 25.1 Å². The molecule has 11 nitrogen and oxygen atoms in total. The van der Waals surface area contributed by atoms with Gasteiger partial charge in [-0.3, -0.25) is 28.8 Å². The van der Waals surface area contributed by atoms with Crippen molar-refractivity contribution in [3.63, 3.8) is 0 Å². The number of ether oxygens (including phenoxy) is 1. The first-order chi connectivity index (χ1) is 12.1. The second-order valence-corrected chi connectivity index (χ2v) is 6.23. The van der Waals surface area contributed by atoms with Crippen LogP contribution in [0.4, 0.5) is 0 Å². The quantitative estimate of drug-likeness (QED) is 0.431. The number of hydrogen-bond acceptors (Lipinski definition) is 8. The minimum Gasteiger partial charge on any atom is -0.393 e. The molecule has 2 amide bonds. The molecule has 0 unspecified atom stereocenters. The molecule has 11 heteroatoms. The van der Waals surface area contributed by atoms with E-state index in [-0.39, 0.29) is 12.0 Å². The molecule has 0 aromatic carbocycles. The van der Waals surface area contributed by atoms with Crippen molar-refractivity contribution >= 4 is 11.8 Å². The molecular weight excluding hydrogens is 348 g/mol. The number of aromatic amines is 1. The number of hydrogen-bond donors (Lipinski definition) is 4. The van der Waals surface area contributed by atoms with Gasteiger partial charge in [-0.25, -0.2) is 4.79 Å². The number of aliphatic hydroxyl groups excluding tert-OH is 2. The first kappa shape index (κ1) is 20.0. The molecule has 26 heavy (non-hydrogen) atoms. The van der Waals surface area contributed by atoms with Crippen molar-refractivity contribution in [3.05, 3.63) is 32.6 Å². The van der Waals surface area contributed by atoms with E-state index in [4.69, 9.17) is 10.5 Å². The van der Waals surface area contributed by atoms with E-state index in [1.54, 1.807) is 0 Å². The highest BCUT2D eigenvalue weighted by Gasteiger charge is 2.50. The number of nitrogens with two attached hydrogens (primary N) is 1. The Hall–Kier alpha value is -2.34. The minimum absolute atomic E-state index is 0.0888. The van der Waals surface area contributed by atoms with Crippen molar-refractivity contribution in [2.24, 2.45) is 5.73 Å². The summed E-state index contributed by atoms with van der Waals surface area (Å²) in [5.74, 6) is -1.31. The summed E-state index contributed by atoms with van der Waals surface area (Å²) in [5, 5.41) is 20.2. The number of carbonyl (C=O) groups excluding carboxylic acids is 2. The lowest BCUT2D eigenvalue weighted by Crippen LogP contribution is -2.56. The minimum atomic E-state index is -1.68. The fraction of sp³-hybridized carbons (Fsp3) is 0.600. The van der Waals surface area contributed by atoms with Crippen molar-refractivity contribution in [1.29, 1.82) is 0 Å². The van der Waals surface area contributed by atoms with Gasteiger partial charge in [0.25, 0.3) is 5.56 Å². The van der Waals surface area contributed by atoms with E-state index < -0.39 is 60.7 Å². The molecule has 1 aromatic heterocycles. The lowest BCUT2D eigenvalue weighted by Gasteiger charge is -2.34. The zero-order valence-electron chi connectivity index (χ0n) is 14.5. The van der Waals surface area contributed by atoms with E-state index in [0.717, 1.165) is 16.4 Å². The smallest absolute Gasteiger partial charge is 0.330 e. The summed E-state index contributed by atoms with van der Waals surface area (Å²) >= 11 is 0. The Morgan fingerprint density at radius 3 is 2.69 bits per heavy atom. The van der Waals surface area contributed by atoms with Gasteiger partial charge in [0.2, 0.25) is 11.8 Å². The van der Waals surface area contributed by atoms with Gasteiger partial charge in [0.1, 0.15) is 11.8 Å². The van der Waals surface area contributed by atoms with E-state index >= 15 is 0 Å². The Morgan fingerprint density at radius 1 is 1.50 bits per heavy atom. The molecule has 1 saturated heterocycles. The van der Waals surface area contributed by atoms with E-state index in [9.17, 15) is 29.4 Å². The van der Waals surface area contributed by atoms with Crippen molar-refractivity contribution in [2.75, 3.05) is 19.7 Å². The number of rotatable bonds is 5. The van der Waals surface area contributed by atoms with Gasteiger partial charge in [-0.05, 0) is 6.92 Å². The number of aromatic nitrogens is 2. The fourth-order valence-corrected chi connectivity index (χ4v) is 2.86. The summed E-state index contributed by atoms with van der Waals surface area (Å²) in [5.41, 5.74) is 2.58. The number of nitrogens with one attached hydrogen (secondary N) is 1. The molecule has 0 radical (unpaired) electrons. The zero-order chi connectivity index (χ0) is 19.6. The predicted octanol–water partition coefficient (Wildman–Crippen LogP) is -2.81. The Morgan fingerprint density at radius 2 is 2.15 bits per heavy atom. The molecule has 2 rings (SSSR count). The van der Waals surface area contributed by atoms with Crippen LogP contribution in [-0.2, 0) is 14.3 Å². The summed E-state index contributed by atoms with van der Waals surface area (Å²) < 4.78 is 6.79. The standard InChI is InChI=1S/C15H22N4O7/c1-8-5-18(14(25)17-13(8)24)12-3-10(22)15(7-20,26-12)6-19(9(2)21)11(23)4-16/h5,10,12,20,22H,3-4,6-7,16H2,1-2H3,(H,17,24,25)/t10-,12+,15+/m0/s1. The lowest BCUT2D eigenvalue weighted by atomic mass is 9.96. The summed E-state index contributed by atoms with van der Waals surface area (Å²) in [7, 11) is 0. The Kier molecular flexibility index (Phi) is 5.76. The van der Waals surface area contributed by atoms with E-state index in [0.29, 0.717) is 0 Å². The van der Waals surface area contributed by atoms with Gasteiger partial charge in [-0.1, -0.05) is 0 Å². The molecule has 0 aliphatic carbocycles. The Labute approximate surface area is 148 Å². The molecule has 144 valence electrons. The maximum atomic E-state index is 12.0. The maximum Gasteiger partial charge on any atom is 0.330 e. The van der Waals surface area contributed by atoms with Gasteiger partial charge < -0.3 is 20.7 Å². The molecule has 5 N–H and O–H groups in total. The third-order valence-electron chi connectivity index (χ3n) is 4.41. The molecule has 1 aliphatic heterocycles. The van der Waals surface area contributed by atoms with Crippen LogP contribution < -0.4 is 17.0 Å². The van der Waals surface area contributed by atoms with E-state index in [2.05, 4.69) is 4.98 Å². The van der Waals surface area contributed by atoms with Crippen molar-refractivity contribution in [2.45, 2.75) is 38.2 Å². The number of imide groups is 1. The van der Waals surface area contributed by atoms with Crippen LogP contribution in [0, 0.1) is 6.92 Å². The molecular formula is C15H22N4O7. The number of nitrogens with zero attached hydrogens (tertiary/aromatic N) is 2. The topological polar surface area (TPSA) is 168 Å². The van der Waals surface area contributed by atoms with Gasteiger partial charge in [0.15, 0.2) is 0 Å². The van der Waals surface area contributed by atoms with Crippen LogP contribution in [-0.4, -0.2) is 67.9 Å². The number of aryl methyl sites for hydroxylation is 1. The lowest BCUT2D eigenvalue weighted by molar-refractivity contribution is -0.162. The highest BCUT2D eigenvalue weighted by atomic mass is 16.6. The molecule has 0 spiro atoms. The Bertz CT molecular complexity index is 817.